The van der Waals surface area contributed by atoms with Gasteiger partial charge < -0.3 is 10.4 Å². The molecule has 0 aromatic carbocycles. The lowest BCUT2D eigenvalue weighted by Crippen LogP contribution is -2.26. The third-order valence-electron chi connectivity index (χ3n) is 1.76. The molecule has 14 heavy (non-hydrogen) atoms. The lowest BCUT2D eigenvalue weighted by Gasteiger charge is -2.05. The fraction of sp³-hybridized carbons (Fsp3) is 0.500. The van der Waals surface area contributed by atoms with E-state index in [0.29, 0.717) is 19.5 Å². The molecular weight excluding hydrogens is 198 g/mol. The predicted octanol–water partition coefficient (Wildman–Crippen LogP) is 1.29. The van der Waals surface area contributed by atoms with Crippen molar-refractivity contribution < 1.29 is 9.90 Å². The van der Waals surface area contributed by atoms with Crippen LogP contribution in [0.25, 0.3) is 0 Å². The summed E-state index contributed by atoms with van der Waals surface area (Å²) >= 11 is 1.47. The topological polar surface area (TPSA) is 49.3 Å². The Bertz CT molecular complexity index is 270. The van der Waals surface area contributed by atoms with Gasteiger partial charge in [-0.25, -0.2) is 0 Å². The van der Waals surface area contributed by atoms with E-state index in [-0.39, 0.29) is 11.9 Å². The van der Waals surface area contributed by atoms with Gasteiger partial charge >= 0.3 is 0 Å². The number of hydrogen-bond acceptors (Lipinski definition) is 4. The van der Waals surface area contributed by atoms with E-state index in [4.69, 9.17) is 5.11 Å². The first kappa shape index (κ1) is 11.4. The van der Waals surface area contributed by atoms with E-state index in [1.165, 1.54) is 11.3 Å². The molecule has 0 fully saturated rings. The zero-order chi connectivity index (χ0) is 10.4. The molecule has 0 bridgehead atoms. The summed E-state index contributed by atoms with van der Waals surface area (Å²) in [5.74, 6) is 0.165. The SMILES string of the molecule is CC(O)CNCCC(=O)c1cccs1. The number of aliphatic hydroxyl groups is 1. The van der Waals surface area contributed by atoms with Crippen molar-refractivity contribution in [1.82, 2.24) is 5.32 Å². The number of ketones is 1. The van der Waals surface area contributed by atoms with Crippen LogP contribution in [0.15, 0.2) is 17.5 Å². The minimum Gasteiger partial charge on any atom is -0.392 e. The summed E-state index contributed by atoms with van der Waals surface area (Å²) in [6.45, 7) is 2.88. The predicted molar refractivity (Wildman–Crippen MR) is 57.8 cm³/mol. The molecule has 1 aromatic rings. The molecule has 1 atom stereocenters. The monoisotopic (exact) mass is 213 g/mol. The van der Waals surface area contributed by atoms with Crippen LogP contribution in [0, 0.1) is 0 Å². The highest BCUT2D eigenvalue weighted by Crippen LogP contribution is 2.10. The van der Waals surface area contributed by atoms with E-state index in [0.717, 1.165) is 4.88 Å². The first-order chi connectivity index (χ1) is 6.70. The van der Waals surface area contributed by atoms with Gasteiger partial charge in [0.1, 0.15) is 0 Å². The number of hydrogen-bond donors (Lipinski definition) is 2. The van der Waals surface area contributed by atoms with E-state index in [1.807, 2.05) is 17.5 Å². The quantitative estimate of drug-likeness (QED) is 0.553. The molecule has 78 valence electrons. The van der Waals surface area contributed by atoms with Crippen molar-refractivity contribution in [2.24, 2.45) is 0 Å². The van der Waals surface area contributed by atoms with Crippen LogP contribution in [-0.2, 0) is 0 Å². The van der Waals surface area contributed by atoms with E-state index >= 15 is 0 Å². The Balaban J connectivity index is 2.16. The van der Waals surface area contributed by atoms with Crippen molar-refractivity contribution in [3.63, 3.8) is 0 Å². The van der Waals surface area contributed by atoms with E-state index < -0.39 is 0 Å². The molecule has 0 aliphatic rings. The maximum absolute atomic E-state index is 11.5. The van der Waals surface area contributed by atoms with Crippen LogP contribution >= 0.6 is 11.3 Å². The second-order valence-corrected chi connectivity index (χ2v) is 4.15. The smallest absolute Gasteiger partial charge is 0.174 e. The molecule has 1 rings (SSSR count). The van der Waals surface area contributed by atoms with Crippen LogP contribution in [0.5, 0.6) is 0 Å². The van der Waals surface area contributed by atoms with Crippen molar-refractivity contribution >= 4 is 17.1 Å². The molecule has 4 heteroatoms. The van der Waals surface area contributed by atoms with Crippen molar-refractivity contribution in [1.29, 1.82) is 0 Å². The molecule has 1 aromatic heterocycles. The standard InChI is InChI=1S/C10H15NO2S/c1-8(12)7-11-5-4-9(13)10-3-2-6-14-10/h2-3,6,8,11-12H,4-5,7H2,1H3. The highest BCUT2D eigenvalue weighted by Gasteiger charge is 2.05. The molecule has 0 radical (unpaired) electrons. The second-order valence-electron chi connectivity index (χ2n) is 3.20. The van der Waals surface area contributed by atoms with Crippen LogP contribution in [-0.4, -0.2) is 30.1 Å². The average molecular weight is 213 g/mol. The van der Waals surface area contributed by atoms with Gasteiger partial charge in [0, 0.05) is 19.5 Å². The Morgan fingerprint density at radius 2 is 2.50 bits per heavy atom. The maximum Gasteiger partial charge on any atom is 0.174 e. The van der Waals surface area contributed by atoms with Gasteiger partial charge in [0.25, 0.3) is 0 Å². The van der Waals surface area contributed by atoms with Crippen molar-refractivity contribution in [3.05, 3.63) is 22.4 Å². The summed E-state index contributed by atoms with van der Waals surface area (Å²) in [6.07, 6.45) is 0.139. The second kappa shape index (κ2) is 5.90. The molecule has 0 saturated heterocycles. The van der Waals surface area contributed by atoms with Gasteiger partial charge in [0.15, 0.2) is 5.78 Å². The Kier molecular flexibility index (Phi) is 4.79. The van der Waals surface area contributed by atoms with E-state index in [9.17, 15) is 4.79 Å². The largest absolute Gasteiger partial charge is 0.392 e. The van der Waals surface area contributed by atoms with Crippen LogP contribution < -0.4 is 5.32 Å². The van der Waals surface area contributed by atoms with Crippen LogP contribution in [0.3, 0.4) is 0 Å². The minimum absolute atomic E-state index is 0.165. The van der Waals surface area contributed by atoms with Crippen molar-refractivity contribution in [2.45, 2.75) is 19.4 Å². The lowest BCUT2D eigenvalue weighted by atomic mass is 10.2. The van der Waals surface area contributed by atoms with Gasteiger partial charge in [-0.2, -0.15) is 0 Å². The van der Waals surface area contributed by atoms with Gasteiger partial charge in [-0.15, -0.1) is 11.3 Å². The molecule has 2 N–H and O–H groups in total. The number of Topliss-reactive ketones (excluding diaryl/α,β-unsaturated/α-hetero) is 1. The molecule has 0 saturated carbocycles. The Morgan fingerprint density at radius 1 is 1.71 bits per heavy atom. The number of aliphatic hydroxyl groups excluding tert-OH is 1. The number of carbonyl (C=O) groups is 1. The van der Waals surface area contributed by atoms with E-state index in [1.54, 1.807) is 6.92 Å². The normalized spacial score (nSPS) is 12.7. The van der Waals surface area contributed by atoms with Crippen molar-refractivity contribution in [2.75, 3.05) is 13.1 Å². The molecule has 1 heterocycles. The minimum atomic E-state index is -0.355. The maximum atomic E-state index is 11.5. The third-order valence-corrected chi connectivity index (χ3v) is 2.68. The summed E-state index contributed by atoms with van der Waals surface area (Å²) in [4.78, 5) is 12.3. The van der Waals surface area contributed by atoms with Gasteiger partial charge in [0.05, 0.1) is 11.0 Å². The van der Waals surface area contributed by atoms with Gasteiger partial charge in [-0.3, -0.25) is 4.79 Å². The number of rotatable bonds is 6. The zero-order valence-corrected chi connectivity index (χ0v) is 9.01. The summed E-state index contributed by atoms with van der Waals surface area (Å²) in [6, 6.07) is 3.71. The Labute approximate surface area is 87.8 Å². The molecule has 0 aliphatic heterocycles. The molecule has 0 spiro atoms. The highest BCUT2D eigenvalue weighted by molar-refractivity contribution is 7.12. The van der Waals surface area contributed by atoms with E-state index in [2.05, 4.69) is 5.32 Å². The first-order valence-electron chi connectivity index (χ1n) is 4.65. The highest BCUT2D eigenvalue weighted by atomic mass is 32.1. The zero-order valence-electron chi connectivity index (χ0n) is 8.19. The number of nitrogens with one attached hydrogen (secondary N) is 1. The summed E-state index contributed by atoms with van der Waals surface area (Å²) in [5, 5.41) is 13.9. The third kappa shape index (κ3) is 4.00. The Hall–Kier alpha value is -0.710. The number of thiophene rings is 1. The number of carbonyl (C=O) groups excluding carboxylic acids is 1. The fourth-order valence-electron chi connectivity index (χ4n) is 1.07. The average Bonchev–Trinajstić information content (AvgIpc) is 2.64. The van der Waals surface area contributed by atoms with Gasteiger partial charge in [-0.05, 0) is 18.4 Å². The lowest BCUT2D eigenvalue weighted by molar-refractivity contribution is 0.0984. The molecular formula is C10H15NO2S. The van der Waals surface area contributed by atoms with Crippen molar-refractivity contribution in [3.8, 4) is 0 Å². The van der Waals surface area contributed by atoms with Gasteiger partial charge in [-0.1, -0.05) is 6.07 Å². The fourth-order valence-corrected chi connectivity index (χ4v) is 1.77. The van der Waals surface area contributed by atoms with Crippen LogP contribution in [0.2, 0.25) is 0 Å². The molecule has 0 aliphatic carbocycles. The Morgan fingerprint density at radius 3 is 3.07 bits per heavy atom. The molecule has 0 amide bonds. The summed E-state index contributed by atoms with van der Waals surface area (Å²) in [5.41, 5.74) is 0. The summed E-state index contributed by atoms with van der Waals surface area (Å²) in [7, 11) is 0. The first-order valence-corrected chi connectivity index (χ1v) is 5.53. The van der Waals surface area contributed by atoms with Crippen LogP contribution in [0.4, 0.5) is 0 Å². The summed E-state index contributed by atoms with van der Waals surface area (Å²) < 4.78 is 0. The van der Waals surface area contributed by atoms with Crippen LogP contribution in [0.1, 0.15) is 23.0 Å². The molecule has 1 unspecified atom stereocenters. The molecule has 3 nitrogen and oxygen atoms in total. The van der Waals surface area contributed by atoms with Gasteiger partial charge in [0.2, 0.25) is 0 Å².